The topological polar surface area (TPSA) is 54.9 Å². The maximum absolute atomic E-state index is 13.2. The molecule has 0 aliphatic carbocycles. The first-order valence-electron chi connectivity index (χ1n) is 8.39. The van der Waals surface area contributed by atoms with Gasteiger partial charge in [-0.3, -0.25) is 4.79 Å². The number of benzene rings is 2. The van der Waals surface area contributed by atoms with Crippen molar-refractivity contribution >= 4 is 29.4 Å². The van der Waals surface area contributed by atoms with E-state index >= 15 is 0 Å². The van der Waals surface area contributed by atoms with E-state index in [1.807, 2.05) is 31.2 Å². The molecule has 0 aliphatic heterocycles. The molecule has 8 heteroatoms. The Morgan fingerprint density at radius 1 is 1.00 bits per heavy atom. The van der Waals surface area contributed by atoms with Crippen molar-refractivity contribution in [3.05, 3.63) is 77.6 Å². The van der Waals surface area contributed by atoms with E-state index in [0.29, 0.717) is 10.6 Å². The van der Waals surface area contributed by atoms with Crippen molar-refractivity contribution in [3.8, 4) is 0 Å². The number of hydrogen-bond acceptors (Lipinski definition) is 5. The minimum absolute atomic E-state index is 0.0551. The third-order valence-corrected chi connectivity index (χ3v) is 5.73. The van der Waals surface area contributed by atoms with Gasteiger partial charge in [0.25, 0.3) is 0 Å². The molecule has 1 amide bonds. The Kier molecular flexibility index (Phi) is 7.00. The molecule has 0 spiro atoms. The van der Waals surface area contributed by atoms with Gasteiger partial charge in [0.15, 0.2) is 0 Å². The molecule has 0 saturated carbocycles. The van der Waals surface area contributed by atoms with E-state index in [0.717, 1.165) is 16.0 Å². The maximum atomic E-state index is 13.2. The van der Waals surface area contributed by atoms with Crippen molar-refractivity contribution in [2.45, 2.75) is 28.4 Å². The van der Waals surface area contributed by atoms with Gasteiger partial charge in [-0.15, -0.1) is 0 Å². The lowest BCUT2D eigenvalue weighted by molar-refractivity contribution is -0.118. The molecule has 144 valence electrons. The first-order chi connectivity index (χ1) is 13.5. The summed E-state index contributed by atoms with van der Waals surface area (Å²) in [5.41, 5.74) is 1.54. The van der Waals surface area contributed by atoms with E-state index < -0.39 is 11.6 Å². The van der Waals surface area contributed by atoms with Gasteiger partial charge < -0.3 is 5.32 Å². The summed E-state index contributed by atoms with van der Waals surface area (Å²) in [6, 6.07) is 11.2. The lowest BCUT2D eigenvalue weighted by atomic mass is 10.2. The van der Waals surface area contributed by atoms with Gasteiger partial charge in [-0.05, 0) is 36.8 Å². The zero-order valence-electron chi connectivity index (χ0n) is 15.0. The highest BCUT2D eigenvalue weighted by molar-refractivity contribution is 8.02. The third-order valence-electron chi connectivity index (χ3n) is 3.62. The Bertz CT molecular complexity index is 948. The lowest BCUT2D eigenvalue weighted by Crippen LogP contribution is -2.24. The number of rotatable bonds is 7. The number of carbonyl (C=O) groups excluding carboxylic acids is 1. The second-order valence-corrected chi connectivity index (χ2v) is 7.95. The van der Waals surface area contributed by atoms with Gasteiger partial charge in [-0.1, -0.05) is 41.2 Å². The normalized spacial score (nSPS) is 10.7. The second-order valence-electron chi connectivity index (χ2n) is 5.92. The van der Waals surface area contributed by atoms with E-state index in [2.05, 4.69) is 15.3 Å². The summed E-state index contributed by atoms with van der Waals surface area (Å²) < 4.78 is 26.4. The molecule has 3 aromatic rings. The highest BCUT2D eigenvalue weighted by Gasteiger charge is 2.11. The van der Waals surface area contributed by atoms with E-state index in [1.165, 1.54) is 41.2 Å². The van der Waals surface area contributed by atoms with Crippen molar-refractivity contribution in [1.82, 2.24) is 15.3 Å². The molecular weight excluding hydrogens is 400 g/mol. The molecule has 1 N–H and O–H groups in total. The number of carbonyl (C=O) groups is 1. The van der Waals surface area contributed by atoms with Crippen LogP contribution in [0, 0.1) is 18.6 Å². The Morgan fingerprint density at radius 2 is 1.64 bits per heavy atom. The fourth-order valence-corrected chi connectivity index (χ4v) is 4.03. The molecule has 0 unspecified atom stereocenters. The van der Waals surface area contributed by atoms with Crippen molar-refractivity contribution in [2.75, 3.05) is 5.75 Å². The van der Waals surface area contributed by atoms with Crippen LogP contribution in [0.5, 0.6) is 0 Å². The zero-order valence-corrected chi connectivity index (χ0v) is 16.6. The molecule has 0 saturated heterocycles. The van der Waals surface area contributed by atoms with Gasteiger partial charge in [0.1, 0.15) is 21.7 Å². The SMILES string of the molecule is Cc1ccc(Sc2nccnc2SCC(=O)NCc2cc(F)cc(F)c2)cc1. The number of nitrogens with one attached hydrogen (secondary N) is 1. The van der Waals surface area contributed by atoms with Crippen LogP contribution in [0.3, 0.4) is 0 Å². The van der Waals surface area contributed by atoms with Crippen LogP contribution in [-0.4, -0.2) is 21.6 Å². The van der Waals surface area contributed by atoms with Crippen LogP contribution < -0.4 is 5.32 Å². The zero-order chi connectivity index (χ0) is 19.9. The molecule has 0 atom stereocenters. The number of nitrogens with zero attached hydrogens (tertiary/aromatic N) is 2. The molecule has 1 aromatic heterocycles. The van der Waals surface area contributed by atoms with Gasteiger partial charge in [0, 0.05) is 29.9 Å². The highest BCUT2D eigenvalue weighted by Crippen LogP contribution is 2.32. The molecule has 0 aliphatic rings. The fraction of sp³-hybridized carbons (Fsp3) is 0.150. The Labute approximate surface area is 170 Å². The molecule has 0 fully saturated rings. The number of aryl methyl sites for hydroxylation is 1. The van der Waals surface area contributed by atoms with Crippen LogP contribution in [0.4, 0.5) is 8.78 Å². The maximum Gasteiger partial charge on any atom is 0.230 e. The van der Waals surface area contributed by atoms with Crippen LogP contribution in [0.2, 0.25) is 0 Å². The van der Waals surface area contributed by atoms with Crippen molar-refractivity contribution < 1.29 is 13.6 Å². The molecule has 3 rings (SSSR count). The first-order valence-corrected chi connectivity index (χ1v) is 10.2. The molecule has 0 radical (unpaired) electrons. The van der Waals surface area contributed by atoms with Crippen molar-refractivity contribution in [1.29, 1.82) is 0 Å². The number of amides is 1. The number of hydrogen-bond donors (Lipinski definition) is 1. The van der Waals surface area contributed by atoms with Crippen LogP contribution in [0.15, 0.2) is 69.8 Å². The van der Waals surface area contributed by atoms with Crippen LogP contribution in [-0.2, 0) is 11.3 Å². The minimum atomic E-state index is -0.670. The predicted octanol–water partition coefficient (Wildman–Crippen LogP) is 4.62. The molecule has 1 heterocycles. The molecule has 4 nitrogen and oxygen atoms in total. The van der Waals surface area contributed by atoms with E-state index in [-0.39, 0.29) is 18.2 Å². The standard InChI is InChI=1S/C20H17F2N3OS2/c1-13-2-4-17(5-3-13)28-20-19(23-6-7-24-20)27-12-18(26)25-11-14-8-15(21)10-16(22)9-14/h2-10H,11-12H2,1H3,(H,25,26). The van der Waals surface area contributed by atoms with Crippen molar-refractivity contribution in [3.63, 3.8) is 0 Å². The largest absolute Gasteiger partial charge is 0.351 e. The van der Waals surface area contributed by atoms with Crippen LogP contribution in [0.25, 0.3) is 0 Å². The second kappa shape index (κ2) is 9.66. The summed E-state index contributed by atoms with van der Waals surface area (Å²) in [6.45, 7) is 2.08. The van der Waals surface area contributed by atoms with Crippen molar-refractivity contribution in [2.24, 2.45) is 0 Å². The summed E-state index contributed by atoms with van der Waals surface area (Å²) >= 11 is 2.74. The van der Waals surface area contributed by atoms with E-state index in [1.54, 1.807) is 12.4 Å². The number of aromatic nitrogens is 2. The molecule has 28 heavy (non-hydrogen) atoms. The van der Waals surface area contributed by atoms with Gasteiger partial charge in [-0.25, -0.2) is 18.7 Å². The Balaban J connectivity index is 1.56. The summed E-state index contributed by atoms with van der Waals surface area (Å²) in [5.74, 6) is -1.48. The lowest BCUT2D eigenvalue weighted by Gasteiger charge is -2.08. The third kappa shape index (κ3) is 6.03. The van der Waals surface area contributed by atoms with Gasteiger partial charge in [0.05, 0.1) is 5.75 Å². The predicted molar refractivity (Wildman–Crippen MR) is 106 cm³/mol. The minimum Gasteiger partial charge on any atom is -0.351 e. The Morgan fingerprint density at radius 3 is 2.32 bits per heavy atom. The summed E-state index contributed by atoms with van der Waals surface area (Å²) in [5, 5.41) is 4.02. The Hall–Kier alpha value is -2.45. The molecular formula is C20H17F2N3OS2. The summed E-state index contributed by atoms with van der Waals surface area (Å²) in [7, 11) is 0. The molecule has 0 bridgehead atoms. The highest BCUT2D eigenvalue weighted by atomic mass is 32.2. The average molecular weight is 418 g/mol. The smallest absolute Gasteiger partial charge is 0.230 e. The van der Waals surface area contributed by atoms with Crippen LogP contribution >= 0.6 is 23.5 Å². The van der Waals surface area contributed by atoms with Gasteiger partial charge >= 0.3 is 0 Å². The first kappa shape index (κ1) is 20.3. The molecule has 2 aromatic carbocycles. The van der Waals surface area contributed by atoms with E-state index in [9.17, 15) is 13.6 Å². The average Bonchev–Trinajstić information content (AvgIpc) is 2.67. The quantitative estimate of drug-likeness (QED) is 0.569. The summed E-state index contributed by atoms with van der Waals surface area (Å²) in [6.07, 6.45) is 3.19. The number of halogens is 2. The number of thioether (sulfide) groups is 1. The summed E-state index contributed by atoms with van der Waals surface area (Å²) in [4.78, 5) is 21.8. The monoisotopic (exact) mass is 417 g/mol. The van der Waals surface area contributed by atoms with Gasteiger partial charge in [-0.2, -0.15) is 0 Å². The fourth-order valence-electron chi connectivity index (χ4n) is 2.30. The van der Waals surface area contributed by atoms with E-state index in [4.69, 9.17) is 0 Å². The van der Waals surface area contributed by atoms with Gasteiger partial charge in [0.2, 0.25) is 5.91 Å². The van der Waals surface area contributed by atoms with Crippen LogP contribution in [0.1, 0.15) is 11.1 Å².